The maximum Gasteiger partial charge on any atom is 0.137 e. The molecular formula is C16H26N4O. The molecule has 1 aliphatic carbocycles. The van der Waals surface area contributed by atoms with Crippen LogP contribution >= 0.6 is 0 Å². The van der Waals surface area contributed by atoms with Gasteiger partial charge in [0.2, 0.25) is 0 Å². The second-order valence-corrected chi connectivity index (χ2v) is 6.58. The van der Waals surface area contributed by atoms with E-state index in [0.717, 1.165) is 49.0 Å². The van der Waals surface area contributed by atoms with Crippen LogP contribution in [0.5, 0.6) is 0 Å². The van der Waals surface area contributed by atoms with E-state index in [1.807, 2.05) is 14.2 Å². The van der Waals surface area contributed by atoms with E-state index in [4.69, 9.17) is 9.72 Å². The highest BCUT2D eigenvalue weighted by atomic mass is 16.5. The van der Waals surface area contributed by atoms with E-state index in [9.17, 15) is 0 Å². The molecule has 2 aliphatic rings. The molecule has 2 heterocycles. The number of rotatable bonds is 4. The number of anilines is 2. The standard InChI is InChI=1S/C16H26N4O/c1-11-13(17-3)18-14(12-6-7-12)19-15(11)20-9-5-8-16(2,10-20)21-4/h12H,5-10H2,1-4H3,(H,17,18,19). The van der Waals surface area contributed by atoms with Gasteiger partial charge in [0.25, 0.3) is 0 Å². The monoisotopic (exact) mass is 290 g/mol. The zero-order chi connectivity index (χ0) is 15.0. The zero-order valence-corrected chi connectivity index (χ0v) is 13.6. The van der Waals surface area contributed by atoms with E-state index < -0.39 is 0 Å². The van der Waals surface area contributed by atoms with Gasteiger partial charge in [-0.2, -0.15) is 0 Å². The summed E-state index contributed by atoms with van der Waals surface area (Å²) in [6.45, 7) is 6.24. The Balaban J connectivity index is 1.94. The average molecular weight is 290 g/mol. The Kier molecular flexibility index (Phi) is 3.78. The van der Waals surface area contributed by atoms with E-state index in [2.05, 4.69) is 29.0 Å². The second-order valence-electron chi connectivity index (χ2n) is 6.58. The van der Waals surface area contributed by atoms with Crippen molar-refractivity contribution in [2.24, 2.45) is 0 Å². The first-order valence-electron chi connectivity index (χ1n) is 7.93. The molecule has 3 rings (SSSR count). The molecule has 1 atom stereocenters. The van der Waals surface area contributed by atoms with Crippen molar-refractivity contribution in [2.75, 3.05) is 37.5 Å². The summed E-state index contributed by atoms with van der Waals surface area (Å²) in [4.78, 5) is 11.9. The van der Waals surface area contributed by atoms with Gasteiger partial charge in [-0.25, -0.2) is 9.97 Å². The third-order valence-corrected chi connectivity index (χ3v) is 4.77. The van der Waals surface area contributed by atoms with Crippen LogP contribution in [0.2, 0.25) is 0 Å². The summed E-state index contributed by atoms with van der Waals surface area (Å²) in [6.07, 6.45) is 4.70. The van der Waals surface area contributed by atoms with E-state index in [1.54, 1.807) is 0 Å². The summed E-state index contributed by atoms with van der Waals surface area (Å²) >= 11 is 0. The second kappa shape index (κ2) is 5.44. The van der Waals surface area contributed by atoms with Gasteiger partial charge in [-0.15, -0.1) is 0 Å². The molecule has 0 radical (unpaired) electrons. The minimum Gasteiger partial charge on any atom is -0.377 e. The number of piperidine rings is 1. The number of aromatic nitrogens is 2. The highest BCUT2D eigenvalue weighted by Crippen LogP contribution is 2.40. The van der Waals surface area contributed by atoms with Gasteiger partial charge in [-0.3, -0.25) is 0 Å². The molecule has 1 saturated heterocycles. The van der Waals surface area contributed by atoms with E-state index in [1.165, 1.54) is 12.8 Å². The van der Waals surface area contributed by atoms with Crippen LogP contribution in [-0.4, -0.2) is 42.8 Å². The lowest BCUT2D eigenvalue weighted by Crippen LogP contribution is -2.48. The predicted octanol–water partition coefficient (Wildman–Crippen LogP) is 2.71. The molecule has 1 saturated carbocycles. The Bertz CT molecular complexity index is 529. The van der Waals surface area contributed by atoms with Crippen LogP contribution in [0.15, 0.2) is 0 Å². The van der Waals surface area contributed by atoms with E-state index in [0.29, 0.717) is 5.92 Å². The van der Waals surface area contributed by atoms with Crippen LogP contribution in [0, 0.1) is 6.92 Å². The first-order chi connectivity index (χ1) is 10.1. The Morgan fingerprint density at radius 2 is 2.10 bits per heavy atom. The number of hydrogen-bond donors (Lipinski definition) is 1. The smallest absolute Gasteiger partial charge is 0.137 e. The first kappa shape index (κ1) is 14.6. The van der Waals surface area contributed by atoms with E-state index >= 15 is 0 Å². The molecule has 5 heteroatoms. The van der Waals surface area contributed by atoms with Crippen LogP contribution in [0.3, 0.4) is 0 Å². The molecule has 116 valence electrons. The molecule has 1 aliphatic heterocycles. The van der Waals surface area contributed by atoms with Crippen molar-refractivity contribution in [1.82, 2.24) is 9.97 Å². The Morgan fingerprint density at radius 1 is 1.33 bits per heavy atom. The Morgan fingerprint density at radius 3 is 2.71 bits per heavy atom. The minimum absolute atomic E-state index is 0.0742. The van der Waals surface area contributed by atoms with E-state index in [-0.39, 0.29) is 5.60 Å². The molecule has 0 bridgehead atoms. The van der Waals surface area contributed by atoms with Crippen molar-refractivity contribution in [3.05, 3.63) is 11.4 Å². The molecule has 0 spiro atoms. The lowest BCUT2D eigenvalue weighted by Gasteiger charge is -2.40. The average Bonchev–Trinajstić information content (AvgIpc) is 3.32. The molecule has 1 unspecified atom stereocenters. The summed E-state index contributed by atoms with van der Waals surface area (Å²) in [5.41, 5.74) is 1.07. The fourth-order valence-corrected chi connectivity index (χ4v) is 3.15. The maximum atomic E-state index is 5.72. The normalized spacial score (nSPS) is 26.0. The van der Waals surface area contributed by atoms with Gasteiger partial charge in [-0.1, -0.05) is 0 Å². The summed E-state index contributed by atoms with van der Waals surface area (Å²) in [6, 6.07) is 0. The molecule has 1 N–H and O–H groups in total. The summed E-state index contributed by atoms with van der Waals surface area (Å²) in [7, 11) is 3.75. The van der Waals surface area contributed by atoms with Gasteiger partial charge in [-0.05, 0) is 39.5 Å². The maximum absolute atomic E-state index is 5.72. The first-order valence-corrected chi connectivity index (χ1v) is 7.93. The van der Waals surface area contributed by atoms with Gasteiger partial charge in [0, 0.05) is 38.7 Å². The van der Waals surface area contributed by atoms with Gasteiger partial charge in [0.15, 0.2) is 0 Å². The molecule has 0 aromatic carbocycles. The highest BCUT2D eigenvalue weighted by Gasteiger charge is 2.34. The number of hydrogen-bond acceptors (Lipinski definition) is 5. The van der Waals surface area contributed by atoms with Crippen LogP contribution in [-0.2, 0) is 4.74 Å². The molecule has 1 aromatic heterocycles. The van der Waals surface area contributed by atoms with Crippen molar-refractivity contribution in [3.8, 4) is 0 Å². The van der Waals surface area contributed by atoms with Crippen molar-refractivity contribution >= 4 is 11.6 Å². The minimum atomic E-state index is -0.0742. The highest BCUT2D eigenvalue weighted by molar-refractivity contribution is 5.59. The molecule has 1 aromatic rings. The van der Waals surface area contributed by atoms with Gasteiger partial charge < -0.3 is 15.0 Å². The zero-order valence-electron chi connectivity index (χ0n) is 13.6. The van der Waals surface area contributed by atoms with Crippen LogP contribution < -0.4 is 10.2 Å². The largest absolute Gasteiger partial charge is 0.377 e. The Labute approximate surface area is 127 Å². The quantitative estimate of drug-likeness (QED) is 0.924. The van der Waals surface area contributed by atoms with Crippen molar-refractivity contribution in [2.45, 2.75) is 51.0 Å². The fourth-order valence-electron chi connectivity index (χ4n) is 3.15. The Hall–Kier alpha value is -1.36. The van der Waals surface area contributed by atoms with Gasteiger partial charge >= 0.3 is 0 Å². The van der Waals surface area contributed by atoms with Crippen molar-refractivity contribution < 1.29 is 4.74 Å². The lowest BCUT2D eigenvalue weighted by atomic mass is 9.94. The topological polar surface area (TPSA) is 50.3 Å². The molecule has 0 amide bonds. The summed E-state index contributed by atoms with van der Waals surface area (Å²) in [5.74, 6) is 3.62. The number of nitrogens with one attached hydrogen (secondary N) is 1. The molecule has 21 heavy (non-hydrogen) atoms. The van der Waals surface area contributed by atoms with Crippen LogP contribution in [0.25, 0.3) is 0 Å². The van der Waals surface area contributed by atoms with Gasteiger partial charge in [0.05, 0.1) is 5.60 Å². The third kappa shape index (κ3) is 2.84. The van der Waals surface area contributed by atoms with Crippen molar-refractivity contribution in [3.63, 3.8) is 0 Å². The molecular weight excluding hydrogens is 264 g/mol. The lowest BCUT2D eigenvalue weighted by molar-refractivity contribution is -0.00484. The molecule has 2 fully saturated rings. The number of methoxy groups -OCH3 is 1. The van der Waals surface area contributed by atoms with Crippen LogP contribution in [0.4, 0.5) is 11.6 Å². The SMILES string of the molecule is CNc1nc(C2CC2)nc(N2CCCC(C)(OC)C2)c1C. The fraction of sp³-hybridized carbons (Fsp3) is 0.750. The number of ether oxygens (including phenoxy) is 1. The predicted molar refractivity (Wildman–Crippen MR) is 85.2 cm³/mol. The van der Waals surface area contributed by atoms with Crippen molar-refractivity contribution in [1.29, 1.82) is 0 Å². The molecule has 5 nitrogen and oxygen atoms in total. The summed E-state index contributed by atoms with van der Waals surface area (Å²) in [5, 5.41) is 3.22. The van der Waals surface area contributed by atoms with Crippen LogP contribution in [0.1, 0.15) is 49.9 Å². The number of nitrogens with zero attached hydrogens (tertiary/aromatic N) is 3. The third-order valence-electron chi connectivity index (χ3n) is 4.77. The summed E-state index contributed by atoms with van der Waals surface area (Å²) < 4.78 is 5.72. The van der Waals surface area contributed by atoms with Gasteiger partial charge in [0.1, 0.15) is 17.5 Å².